The second kappa shape index (κ2) is 10.2. The Morgan fingerprint density at radius 3 is 1.79 bits per heavy atom. The number of benzene rings is 1. The third kappa shape index (κ3) is 5.79. The second-order valence-electron chi connectivity index (χ2n) is 9.48. The van der Waals surface area contributed by atoms with Crippen LogP contribution >= 0.6 is 0 Å². The quantitative estimate of drug-likeness (QED) is 0.529. The van der Waals surface area contributed by atoms with Gasteiger partial charge < -0.3 is 9.47 Å². The molecule has 0 atom stereocenters. The van der Waals surface area contributed by atoms with Gasteiger partial charge in [-0.2, -0.15) is 0 Å². The summed E-state index contributed by atoms with van der Waals surface area (Å²) in [5.74, 6) is 3.61. The van der Waals surface area contributed by atoms with Gasteiger partial charge in [0.05, 0.1) is 13.2 Å². The van der Waals surface area contributed by atoms with Gasteiger partial charge >= 0.3 is 0 Å². The predicted molar refractivity (Wildman–Crippen MR) is 111 cm³/mol. The van der Waals surface area contributed by atoms with Crippen LogP contribution in [-0.4, -0.2) is 19.5 Å². The van der Waals surface area contributed by atoms with Crippen molar-refractivity contribution in [3.05, 3.63) is 35.6 Å². The highest BCUT2D eigenvalue weighted by atomic mass is 19.1. The summed E-state index contributed by atoms with van der Waals surface area (Å²) in [6.45, 7) is 1.56. The van der Waals surface area contributed by atoms with Crippen molar-refractivity contribution in [1.82, 2.24) is 0 Å². The van der Waals surface area contributed by atoms with Crippen LogP contribution in [0.2, 0.25) is 0 Å². The Kier molecular flexibility index (Phi) is 7.42. The van der Waals surface area contributed by atoms with E-state index in [1.54, 1.807) is 12.1 Å². The van der Waals surface area contributed by atoms with E-state index in [2.05, 4.69) is 0 Å². The third-order valence-electron chi connectivity index (χ3n) is 7.71. The lowest BCUT2D eigenvalue weighted by Crippen LogP contribution is -2.26. The van der Waals surface area contributed by atoms with Gasteiger partial charge in [0, 0.05) is 0 Å². The van der Waals surface area contributed by atoms with Crippen molar-refractivity contribution in [1.29, 1.82) is 0 Å². The highest BCUT2D eigenvalue weighted by Gasteiger charge is 2.31. The van der Waals surface area contributed by atoms with Crippen LogP contribution in [0.4, 0.5) is 4.39 Å². The van der Waals surface area contributed by atoms with Crippen molar-refractivity contribution in [2.75, 3.05) is 13.2 Å². The van der Waals surface area contributed by atoms with Crippen molar-refractivity contribution in [3.63, 3.8) is 0 Å². The molecule has 2 nitrogen and oxygen atoms in total. The monoisotopic (exact) mass is 388 g/mol. The molecule has 0 bridgehead atoms. The molecule has 2 aliphatic carbocycles. The molecule has 0 spiro atoms. The van der Waals surface area contributed by atoms with E-state index < -0.39 is 0 Å². The molecule has 1 saturated heterocycles. The maximum Gasteiger partial charge on any atom is 0.157 e. The first-order valence-corrected chi connectivity index (χ1v) is 11.7. The van der Waals surface area contributed by atoms with Crippen LogP contribution in [0.15, 0.2) is 24.3 Å². The average molecular weight is 389 g/mol. The second-order valence-corrected chi connectivity index (χ2v) is 9.48. The number of hydrogen-bond donors (Lipinski definition) is 0. The SMILES string of the molecule is Fc1ccc(CCC2CCC(C3CCC(CCC4OCCO4)CC3)CC2)cc1. The average Bonchev–Trinajstić information content (AvgIpc) is 3.26. The minimum Gasteiger partial charge on any atom is -0.350 e. The lowest BCUT2D eigenvalue weighted by molar-refractivity contribution is -0.0514. The van der Waals surface area contributed by atoms with Gasteiger partial charge in [-0.15, -0.1) is 0 Å². The number of hydrogen-bond acceptors (Lipinski definition) is 2. The van der Waals surface area contributed by atoms with Crippen LogP contribution in [0.1, 0.15) is 76.2 Å². The van der Waals surface area contributed by atoms with Crippen LogP contribution in [0, 0.1) is 29.5 Å². The molecule has 1 aromatic rings. The minimum atomic E-state index is -0.126. The highest BCUT2D eigenvalue weighted by molar-refractivity contribution is 5.16. The van der Waals surface area contributed by atoms with E-state index in [4.69, 9.17) is 9.47 Å². The fourth-order valence-electron chi connectivity index (χ4n) is 5.86. The Balaban J connectivity index is 1.11. The summed E-state index contributed by atoms with van der Waals surface area (Å²) in [6, 6.07) is 7.08. The van der Waals surface area contributed by atoms with E-state index in [1.807, 2.05) is 12.1 Å². The summed E-state index contributed by atoms with van der Waals surface area (Å²) in [4.78, 5) is 0. The van der Waals surface area contributed by atoms with Crippen molar-refractivity contribution < 1.29 is 13.9 Å². The molecule has 0 radical (unpaired) electrons. The Hall–Kier alpha value is -0.930. The van der Waals surface area contributed by atoms with Gasteiger partial charge in [0.1, 0.15) is 5.82 Å². The van der Waals surface area contributed by atoms with Gasteiger partial charge in [-0.05, 0) is 92.7 Å². The lowest BCUT2D eigenvalue weighted by Gasteiger charge is -2.38. The number of halogens is 1. The van der Waals surface area contributed by atoms with Gasteiger partial charge in [0.15, 0.2) is 6.29 Å². The fraction of sp³-hybridized carbons (Fsp3) is 0.760. The molecule has 1 aromatic carbocycles. The van der Waals surface area contributed by atoms with Crippen molar-refractivity contribution in [3.8, 4) is 0 Å². The van der Waals surface area contributed by atoms with E-state index in [0.29, 0.717) is 0 Å². The van der Waals surface area contributed by atoms with Crippen LogP contribution in [-0.2, 0) is 15.9 Å². The zero-order chi connectivity index (χ0) is 19.2. The summed E-state index contributed by atoms with van der Waals surface area (Å²) in [5.41, 5.74) is 1.29. The predicted octanol–water partition coefficient (Wildman–Crippen LogP) is 6.52. The highest BCUT2D eigenvalue weighted by Crippen LogP contribution is 2.43. The minimum absolute atomic E-state index is 0.0860. The molecular weight excluding hydrogens is 351 g/mol. The Morgan fingerprint density at radius 1 is 0.679 bits per heavy atom. The maximum absolute atomic E-state index is 13.0. The van der Waals surface area contributed by atoms with E-state index in [1.165, 1.54) is 69.8 Å². The number of rotatable bonds is 7. The fourth-order valence-corrected chi connectivity index (χ4v) is 5.86. The van der Waals surface area contributed by atoms with Gasteiger partial charge in [-0.25, -0.2) is 4.39 Å². The number of aryl methyl sites for hydroxylation is 1. The topological polar surface area (TPSA) is 18.5 Å². The van der Waals surface area contributed by atoms with E-state index in [0.717, 1.165) is 49.7 Å². The molecule has 156 valence electrons. The van der Waals surface area contributed by atoms with Crippen LogP contribution in [0.25, 0.3) is 0 Å². The zero-order valence-electron chi connectivity index (χ0n) is 17.3. The van der Waals surface area contributed by atoms with Crippen LogP contribution < -0.4 is 0 Å². The first kappa shape index (κ1) is 20.3. The molecular formula is C25H37FO2. The van der Waals surface area contributed by atoms with E-state index in [9.17, 15) is 4.39 Å². The lowest BCUT2D eigenvalue weighted by atomic mass is 9.68. The molecule has 3 heteroatoms. The maximum atomic E-state index is 13.0. The molecule has 0 N–H and O–H groups in total. The van der Waals surface area contributed by atoms with Crippen LogP contribution in [0.3, 0.4) is 0 Å². The molecule has 0 aromatic heterocycles. The Bertz CT molecular complexity index is 565. The van der Waals surface area contributed by atoms with Crippen LogP contribution in [0.5, 0.6) is 0 Å². The van der Waals surface area contributed by atoms with Crippen molar-refractivity contribution >= 4 is 0 Å². The third-order valence-corrected chi connectivity index (χ3v) is 7.71. The summed E-state index contributed by atoms with van der Waals surface area (Å²) >= 11 is 0. The molecule has 3 aliphatic rings. The summed E-state index contributed by atoms with van der Waals surface area (Å²) in [7, 11) is 0. The number of ether oxygens (including phenoxy) is 2. The molecule has 3 fully saturated rings. The first-order chi connectivity index (χ1) is 13.8. The summed E-state index contributed by atoms with van der Waals surface area (Å²) < 4.78 is 24.2. The van der Waals surface area contributed by atoms with Gasteiger partial charge in [-0.3, -0.25) is 0 Å². The standard InChI is InChI=1S/C25H37FO2/c26-24-14-7-20(8-15-24)2-1-19-3-10-22(11-4-19)23-12-5-21(6-13-23)9-16-25-27-17-18-28-25/h7-8,14-15,19,21-23,25H,1-6,9-13,16-18H2. The van der Waals surface area contributed by atoms with E-state index in [-0.39, 0.29) is 12.1 Å². The van der Waals surface area contributed by atoms with Gasteiger partial charge in [0.25, 0.3) is 0 Å². The Morgan fingerprint density at radius 2 is 1.21 bits per heavy atom. The van der Waals surface area contributed by atoms with E-state index >= 15 is 0 Å². The molecule has 0 unspecified atom stereocenters. The molecule has 4 rings (SSSR count). The summed E-state index contributed by atoms with van der Waals surface area (Å²) in [5, 5.41) is 0. The smallest absolute Gasteiger partial charge is 0.157 e. The van der Waals surface area contributed by atoms with Crippen molar-refractivity contribution in [2.45, 2.75) is 83.3 Å². The molecule has 2 saturated carbocycles. The zero-order valence-corrected chi connectivity index (χ0v) is 17.3. The largest absolute Gasteiger partial charge is 0.350 e. The Labute approximate surface area is 170 Å². The molecule has 0 amide bonds. The molecule has 28 heavy (non-hydrogen) atoms. The van der Waals surface area contributed by atoms with Gasteiger partial charge in [0.2, 0.25) is 0 Å². The van der Waals surface area contributed by atoms with Gasteiger partial charge in [-0.1, -0.05) is 37.8 Å². The molecule has 1 aliphatic heterocycles. The molecule has 1 heterocycles. The summed E-state index contributed by atoms with van der Waals surface area (Å²) in [6.07, 6.45) is 16.3. The normalized spacial score (nSPS) is 31.9. The first-order valence-electron chi connectivity index (χ1n) is 11.7. The van der Waals surface area contributed by atoms with Crippen molar-refractivity contribution in [2.24, 2.45) is 23.7 Å².